The van der Waals surface area contributed by atoms with Crippen molar-refractivity contribution < 1.29 is 9.32 Å². The van der Waals surface area contributed by atoms with Gasteiger partial charge in [-0.3, -0.25) is 4.79 Å². The standard InChI is InChI=1S/C16H13Cl2N3O2S/c1-2-14(22)19-8-10-4-6-13(24-10)15-20-16(23-21-15)9-3-5-11(17)12(18)7-9/h3-7H,2,8H2,1H3,(H,19,22). The summed E-state index contributed by atoms with van der Waals surface area (Å²) in [4.78, 5) is 17.6. The zero-order valence-corrected chi connectivity index (χ0v) is 15.0. The second-order valence-electron chi connectivity index (χ2n) is 4.95. The number of aromatic nitrogens is 2. The fraction of sp³-hybridized carbons (Fsp3) is 0.188. The van der Waals surface area contributed by atoms with Gasteiger partial charge in [-0.1, -0.05) is 35.3 Å². The number of carbonyl (C=O) groups excluding carboxylic acids is 1. The van der Waals surface area contributed by atoms with Gasteiger partial charge >= 0.3 is 0 Å². The largest absolute Gasteiger partial charge is 0.351 e. The Labute approximate surface area is 152 Å². The smallest absolute Gasteiger partial charge is 0.258 e. The van der Waals surface area contributed by atoms with Crippen LogP contribution in [0.2, 0.25) is 10.0 Å². The quantitative estimate of drug-likeness (QED) is 0.688. The van der Waals surface area contributed by atoms with Crippen molar-refractivity contribution in [3.63, 3.8) is 0 Å². The van der Waals surface area contributed by atoms with Gasteiger partial charge in [-0.2, -0.15) is 4.98 Å². The summed E-state index contributed by atoms with van der Waals surface area (Å²) in [7, 11) is 0. The Morgan fingerprint density at radius 1 is 1.25 bits per heavy atom. The van der Waals surface area contributed by atoms with E-state index >= 15 is 0 Å². The number of hydrogen-bond acceptors (Lipinski definition) is 5. The van der Waals surface area contributed by atoms with Crippen LogP contribution < -0.4 is 5.32 Å². The van der Waals surface area contributed by atoms with Crippen molar-refractivity contribution >= 4 is 40.4 Å². The van der Waals surface area contributed by atoms with E-state index in [4.69, 9.17) is 27.7 Å². The first-order valence-corrected chi connectivity index (χ1v) is 8.79. The van der Waals surface area contributed by atoms with Crippen LogP contribution in [0.15, 0.2) is 34.9 Å². The summed E-state index contributed by atoms with van der Waals surface area (Å²) in [6, 6.07) is 8.97. The molecule has 0 aliphatic rings. The van der Waals surface area contributed by atoms with Gasteiger partial charge in [0, 0.05) is 16.9 Å². The maximum Gasteiger partial charge on any atom is 0.258 e. The fourth-order valence-electron chi connectivity index (χ4n) is 1.97. The van der Waals surface area contributed by atoms with Gasteiger partial charge in [0.25, 0.3) is 5.89 Å². The number of halogens is 2. The molecule has 2 aromatic heterocycles. The van der Waals surface area contributed by atoms with Gasteiger partial charge in [0.05, 0.1) is 21.5 Å². The van der Waals surface area contributed by atoms with E-state index in [9.17, 15) is 4.79 Å². The van der Waals surface area contributed by atoms with E-state index in [1.54, 1.807) is 18.2 Å². The Morgan fingerprint density at radius 2 is 2.08 bits per heavy atom. The van der Waals surface area contributed by atoms with E-state index in [1.807, 2.05) is 19.1 Å². The summed E-state index contributed by atoms with van der Waals surface area (Å²) >= 11 is 13.4. The van der Waals surface area contributed by atoms with Crippen LogP contribution in [0.4, 0.5) is 0 Å². The fourth-order valence-corrected chi connectivity index (χ4v) is 3.15. The molecule has 0 fully saturated rings. The van der Waals surface area contributed by atoms with E-state index in [2.05, 4.69) is 15.5 Å². The summed E-state index contributed by atoms with van der Waals surface area (Å²) in [6.45, 7) is 2.31. The van der Waals surface area contributed by atoms with Crippen LogP contribution in [0.1, 0.15) is 18.2 Å². The molecule has 0 bridgehead atoms. The molecule has 0 aliphatic heterocycles. The lowest BCUT2D eigenvalue weighted by Gasteiger charge is -1.99. The van der Waals surface area contributed by atoms with Gasteiger partial charge in [-0.15, -0.1) is 11.3 Å². The lowest BCUT2D eigenvalue weighted by Crippen LogP contribution is -2.20. The molecular weight excluding hydrogens is 369 g/mol. The number of carbonyl (C=O) groups is 1. The van der Waals surface area contributed by atoms with E-state index in [1.165, 1.54) is 11.3 Å². The van der Waals surface area contributed by atoms with Crippen LogP contribution in [0.3, 0.4) is 0 Å². The zero-order chi connectivity index (χ0) is 17.1. The van der Waals surface area contributed by atoms with Crippen molar-refractivity contribution in [2.75, 3.05) is 0 Å². The molecule has 0 saturated carbocycles. The summed E-state index contributed by atoms with van der Waals surface area (Å²) in [5, 5.41) is 7.74. The molecule has 1 amide bonds. The van der Waals surface area contributed by atoms with Gasteiger partial charge in [-0.05, 0) is 30.3 Å². The summed E-state index contributed by atoms with van der Waals surface area (Å²) in [5.41, 5.74) is 0.704. The van der Waals surface area contributed by atoms with E-state index in [0.29, 0.717) is 40.3 Å². The maximum absolute atomic E-state index is 11.3. The summed E-state index contributed by atoms with van der Waals surface area (Å²) < 4.78 is 5.30. The lowest BCUT2D eigenvalue weighted by molar-refractivity contribution is -0.120. The molecule has 3 aromatic rings. The van der Waals surface area contributed by atoms with Crippen molar-refractivity contribution in [3.05, 3.63) is 45.3 Å². The number of thiophene rings is 1. The average Bonchev–Trinajstić information content (AvgIpc) is 3.24. The number of hydrogen-bond donors (Lipinski definition) is 1. The predicted molar refractivity (Wildman–Crippen MR) is 95.2 cm³/mol. The second-order valence-corrected chi connectivity index (χ2v) is 6.93. The van der Waals surface area contributed by atoms with Crippen LogP contribution >= 0.6 is 34.5 Å². The molecular formula is C16H13Cl2N3O2S. The lowest BCUT2D eigenvalue weighted by atomic mass is 10.2. The van der Waals surface area contributed by atoms with Crippen LogP contribution in [0.5, 0.6) is 0 Å². The first kappa shape index (κ1) is 17.0. The first-order chi connectivity index (χ1) is 11.6. The van der Waals surface area contributed by atoms with Crippen molar-refractivity contribution in [2.24, 2.45) is 0 Å². The summed E-state index contributed by atoms with van der Waals surface area (Å²) in [6.07, 6.45) is 0.468. The number of rotatable bonds is 5. The maximum atomic E-state index is 11.3. The number of nitrogens with one attached hydrogen (secondary N) is 1. The Bertz CT molecular complexity index is 876. The highest BCUT2D eigenvalue weighted by Gasteiger charge is 2.14. The molecule has 1 N–H and O–H groups in total. The van der Waals surface area contributed by atoms with Gasteiger partial charge in [-0.25, -0.2) is 0 Å². The van der Waals surface area contributed by atoms with Crippen LogP contribution in [0, 0.1) is 0 Å². The molecule has 1 aromatic carbocycles. The number of amides is 1. The highest BCUT2D eigenvalue weighted by atomic mass is 35.5. The van der Waals surface area contributed by atoms with E-state index in [0.717, 1.165) is 9.75 Å². The van der Waals surface area contributed by atoms with E-state index < -0.39 is 0 Å². The molecule has 5 nitrogen and oxygen atoms in total. The highest BCUT2D eigenvalue weighted by Crippen LogP contribution is 2.30. The molecule has 8 heteroatoms. The second kappa shape index (κ2) is 7.34. The Morgan fingerprint density at radius 3 is 2.83 bits per heavy atom. The van der Waals surface area contributed by atoms with Gasteiger partial charge in [0.1, 0.15) is 0 Å². The van der Waals surface area contributed by atoms with Crippen molar-refractivity contribution in [1.82, 2.24) is 15.5 Å². The molecule has 3 rings (SSSR count). The molecule has 0 saturated heterocycles. The van der Waals surface area contributed by atoms with E-state index in [-0.39, 0.29) is 5.91 Å². The monoisotopic (exact) mass is 381 g/mol. The minimum atomic E-state index is 0.0198. The van der Waals surface area contributed by atoms with Gasteiger partial charge in [0.2, 0.25) is 11.7 Å². The van der Waals surface area contributed by atoms with Crippen LogP contribution in [-0.4, -0.2) is 16.0 Å². The van der Waals surface area contributed by atoms with Gasteiger partial charge in [0.15, 0.2) is 0 Å². The molecule has 0 atom stereocenters. The highest BCUT2D eigenvalue weighted by molar-refractivity contribution is 7.15. The third-order valence-electron chi connectivity index (χ3n) is 3.26. The number of benzene rings is 1. The van der Waals surface area contributed by atoms with Crippen LogP contribution in [0.25, 0.3) is 22.2 Å². The molecule has 0 aliphatic carbocycles. The molecule has 0 spiro atoms. The zero-order valence-electron chi connectivity index (χ0n) is 12.7. The van der Waals surface area contributed by atoms with Crippen molar-refractivity contribution in [1.29, 1.82) is 0 Å². The Balaban J connectivity index is 1.77. The third kappa shape index (κ3) is 3.77. The van der Waals surface area contributed by atoms with Crippen LogP contribution in [-0.2, 0) is 11.3 Å². The molecule has 0 unspecified atom stereocenters. The molecule has 2 heterocycles. The molecule has 124 valence electrons. The van der Waals surface area contributed by atoms with Crippen molar-refractivity contribution in [2.45, 2.75) is 19.9 Å². The normalized spacial score (nSPS) is 10.8. The van der Waals surface area contributed by atoms with Gasteiger partial charge < -0.3 is 9.84 Å². The molecule has 24 heavy (non-hydrogen) atoms. The third-order valence-corrected chi connectivity index (χ3v) is 5.08. The minimum Gasteiger partial charge on any atom is -0.351 e. The summed E-state index contributed by atoms with van der Waals surface area (Å²) in [5.74, 6) is 0.887. The molecule has 0 radical (unpaired) electrons. The Hall–Kier alpha value is -1.89. The predicted octanol–water partition coefficient (Wildman–Crippen LogP) is 4.80. The van der Waals surface area contributed by atoms with Crippen molar-refractivity contribution in [3.8, 4) is 22.2 Å². The average molecular weight is 382 g/mol. The minimum absolute atomic E-state index is 0.0198. The SMILES string of the molecule is CCC(=O)NCc1ccc(-c2noc(-c3ccc(Cl)c(Cl)c3)n2)s1. The first-order valence-electron chi connectivity index (χ1n) is 7.21. The Kier molecular flexibility index (Phi) is 5.18. The topological polar surface area (TPSA) is 68.0 Å². The number of nitrogens with zero attached hydrogens (tertiary/aromatic N) is 2.